The van der Waals surface area contributed by atoms with E-state index in [0.717, 1.165) is 24.9 Å². The van der Waals surface area contributed by atoms with Crippen molar-refractivity contribution in [3.63, 3.8) is 0 Å². The van der Waals surface area contributed by atoms with Crippen LogP contribution >= 0.6 is 0 Å². The van der Waals surface area contributed by atoms with Crippen LogP contribution in [0.2, 0.25) is 0 Å². The molecule has 0 bridgehead atoms. The van der Waals surface area contributed by atoms with Crippen LogP contribution in [0.1, 0.15) is 38.2 Å². The van der Waals surface area contributed by atoms with Crippen LogP contribution in [-0.4, -0.2) is 32.9 Å². The van der Waals surface area contributed by atoms with Crippen LogP contribution in [0.4, 0.5) is 0 Å². The van der Waals surface area contributed by atoms with Gasteiger partial charge in [0.1, 0.15) is 6.54 Å². The fourth-order valence-electron chi connectivity index (χ4n) is 3.33. The van der Waals surface area contributed by atoms with Gasteiger partial charge in [0.2, 0.25) is 5.91 Å². The number of carbonyl (C=O) groups is 1. The molecule has 5 nitrogen and oxygen atoms in total. The molecule has 2 heterocycles. The third kappa shape index (κ3) is 3.14. The van der Waals surface area contributed by atoms with Crippen molar-refractivity contribution in [2.45, 2.75) is 52.1 Å². The third-order valence-corrected chi connectivity index (χ3v) is 4.73. The number of aryl methyl sites for hydroxylation is 1. The lowest BCUT2D eigenvalue weighted by atomic mass is 10.1. The summed E-state index contributed by atoms with van der Waals surface area (Å²) in [5.41, 5.74) is 1.54. The summed E-state index contributed by atoms with van der Waals surface area (Å²) in [4.78, 5) is 31.5. The molecular formula is C18H23N3O2. The van der Waals surface area contributed by atoms with E-state index in [1.807, 2.05) is 24.0 Å². The Balaban J connectivity index is 1.88. The lowest BCUT2D eigenvalue weighted by Crippen LogP contribution is -2.41. The average molecular weight is 313 g/mol. The van der Waals surface area contributed by atoms with Crippen LogP contribution in [0.15, 0.2) is 29.3 Å². The van der Waals surface area contributed by atoms with Crippen LogP contribution in [0.3, 0.4) is 0 Å². The minimum Gasteiger partial charge on any atom is -0.338 e. The quantitative estimate of drug-likeness (QED) is 0.856. The van der Waals surface area contributed by atoms with Gasteiger partial charge in [-0.25, -0.2) is 4.98 Å². The zero-order valence-corrected chi connectivity index (χ0v) is 13.8. The van der Waals surface area contributed by atoms with Crippen molar-refractivity contribution >= 4 is 16.8 Å². The molecule has 1 amide bonds. The number of carbonyl (C=O) groups excluding carboxylic acids is 1. The molecule has 1 atom stereocenters. The van der Waals surface area contributed by atoms with Crippen LogP contribution in [0.5, 0.6) is 0 Å². The Labute approximate surface area is 135 Å². The lowest BCUT2D eigenvalue weighted by Gasteiger charge is -2.27. The van der Waals surface area contributed by atoms with Gasteiger partial charge in [-0.2, -0.15) is 0 Å². The summed E-state index contributed by atoms with van der Waals surface area (Å²) in [6.07, 6.45) is 5.92. The van der Waals surface area contributed by atoms with E-state index in [2.05, 4.69) is 11.9 Å². The van der Waals surface area contributed by atoms with E-state index >= 15 is 0 Å². The van der Waals surface area contributed by atoms with Gasteiger partial charge in [-0.15, -0.1) is 0 Å². The van der Waals surface area contributed by atoms with Gasteiger partial charge in [0.25, 0.3) is 5.56 Å². The minimum atomic E-state index is -0.144. The van der Waals surface area contributed by atoms with Crippen molar-refractivity contribution in [2.24, 2.45) is 0 Å². The first-order chi connectivity index (χ1) is 11.1. The fraction of sp³-hybridized carbons (Fsp3) is 0.500. The second-order valence-electron chi connectivity index (χ2n) is 6.43. The first kappa shape index (κ1) is 15.7. The summed E-state index contributed by atoms with van der Waals surface area (Å²) in [7, 11) is 0. The van der Waals surface area contributed by atoms with Crippen LogP contribution in [0.25, 0.3) is 10.9 Å². The molecular weight excluding hydrogens is 290 g/mol. The summed E-state index contributed by atoms with van der Waals surface area (Å²) in [5.74, 6) is 0.00954. The van der Waals surface area contributed by atoms with E-state index in [1.165, 1.54) is 23.7 Å². The number of rotatable bonds is 2. The second-order valence-corrected chi connectivity index (χ2v) is 6.43. The molecule has 0 N–H and O–H groups in total. The lowest BCUT2D eigenvalue weighted by molar-refractivity contribution is -0.133. The largest absolute Gasteiger partial charge is 0.338 e. The number of hydrogen-bond acceptors (Lipinski definition) is 3. The van der Waals surface area contributed by atoms with Crippen molar-refractivity contribution in [3.8, 4) is 0 Å². The van der Waals surface area contributed by atoms with Crippen LogP contribution in [0, 0.1) is 6.92 Å². The molecule has 0 aliphatic carbocycles. The Hall–Kier alpha value is -2.17. The number of para-hydroxylation sites is 1. The maximum absolute atomic E-state index is 12.6. The van der Waals surface area contributed by atoms with E-state index in [1.54, 1.807) is 6.07 Å². The molecule has 0 unspecified atom stereocenters. The van der Waals surface area contributed by atoms with E-state index < -0.39 is 0 Å². The van der Waals surface area contributed by atoms with Crippen molar-refractivity contribution in [1.82, 2.24) is 14.5 Å². The van der Waals surface area contributed by atoms with Gasteiger partial charge in [-0.1, -0.05) is 25.0 Å². The Morgan fingerprint density at radius 3 is 2.96 bits per heavy atom. The summed E-state index contributed by atoms with van der Waals surface area (Å²) in [6, 6.07) is 5.80. The van der Waals surface area contributed by atoms with Gasteiger partial charge in [-0.3, -0.25) is 14.2 Å². The molecule has 1 aromatic carbocycles. The number of benzene rings is 1. The van der Waals surface area contributed by atoms with Gasteiger partial charge in [0.15, 0.2) is 0 Å². The zero-order valence-electron chi connectivity index (χ0n) is 13.8. The molecule has 1 aliphatic rings. The smallest absolute Gasteiger partial charge is 0.261 e. The van der Waals surface area contributed by atoms with E-state index in [9.17, 15) is 9.59 Å². The molecule has 5 heteroatoms. The van der Waals surface area contributed by atoms with Crippen LogP contribution in [-0.2, 0) is 11.3 Å². The van der Waals surface area contributed by atoms with E-state index in [4.69, 9.17) is 0 Å². The number of aromatic nitrogens is 2. The van der Waals surface area contributed by atoms with Crippen molar-refractivity contribution in [2.75, 3.05) is 6.54 Å². The van der Waals surface area contributed by atoms with E-state index in [0.29, 0.717) is 10.9 Å². The Kier molecular flexibility index (Phi) is 4.46. The van der Waals surface area contributed by atoms with Crippen molar-refractivity contribution < 1.29 is 4.79 Å². The maximum atomic E-state index is 12.6. The molecule has 1 aliphatic heterocycles. The van der Waals surface area contributed by atoms with Gasteiger partial charge >= 0.3 is 0 Å². The molecule has 1 aromatic heterocycles. The summed E-state index contributed by atoms with van der Waals surface area (Å²) in [5, 5.41) is 0.573. The maximum Gasteiger partial charge on any atom is 0.261 e. The normalized spacial score (nSPS) is 18.9. The monoisotopic (exact) mass is 313 g/mol. The van der Waals surface area contributed by atoms with Crippen LogP contribution < -0.4 is 5.56 Å². The van der Waals surface area contributed by atoms with Gasteiger partial charge in [0.05, 0.1) is 17.2 Å². The molecule has 0 saturated carbocycles. The molecule has 3 rings (SSSR count). The highest BCUT2D eigenvalue weighted by Gasteiger charge is 2.22. The predicted octanol–water partition coefficient (Wildman–Crippen LogP) is 2.50. The Bertz CT molecular complexity index is 781. The first-order valence-corrected chi connectivity index (χ1v) is 8.32. The fourth-order valence-corrected chi connectivity index (χ4v) is 3.33. The molecule has 0 radical (unpaired) electrons. The van der Waals surface area contributed by atoms with Gasteiger partial charge < -0.3 is 4.90 Å². The Morgan fingerprint density at radius 1 is 1.30 bits per heavy atom. The number of amides is 1. The van der Waals surface area contributed by atoms with Crippen molar-refractivity contribution in [1.29, 1.82) is 0 Å². The zero-order chi connectivity index (χ0) is 16.4. The first-order valence-electron chi connectivity index (χ1n) is 8.32. The Morgan fingerprint density at radius 2 is 2.13 bits per heavy atom. The predicted molar refractivity (Wildman–Crippen MR) is 90.4 cm³/mol. The third-order valence-electron chi connectivity index (χ3n) is 4.73. The standard InChI is InChI=1S/C18H23N3O2/c1-13-7-6-9-15-17(13)19-12-20(18(15)23)11-16(22)21-10-5-3-4-8-14(21)2/h6-7,9,12,14H,3-5,8,10-11H2,1-2H3/t14-/m0/s1. The van der Waals surface area contributed by atoms with Crippen molar-refractivity contribution in [3.05, 3.63) is 40.4 Å². The molecule has 2 aromatic rings. The number of hydrogen-bond donors (Lipinski definition) is 0. The molecule has 0 spiro atoms. The SMILES string of the molecule is Cc1cccc2c(=O)n(CC(=O)N3CCCCC[C@@H]3C)cnc12. The number of nitrogens with zero attached hydrogens (tertiary/aromatic N) is 3. The number of fused-ring (bicyclic) bond motifs is 1. The topological polar surface area (TPSA) is 55.2 Å². The average Bonchev–Trinajstić information content (AvgIpc) is 2.75. The molecule has 1 saturated heterocycles. The second kappa shape index (κ2) is 6.52. The molecule has 23 heavy (non-hydrogen) atoms. The highest BCUT2D eigenvalue weighted by Crippen LogP contribution is 2.17. The summed E-state index contributed by atoms with van der Waals surface area (Å²) < 4.78 is 1.43. The van der Waals surface area contributed by atoms with Gasteiger partial charge in [-0.05, 0) is 38.3 Å². The van der Waals surface area contributed by atoms with E-state index in [-0.39, 0.29) is 24.1 Å². The minimum absolute atomic E-state index is 0.00954. The summed E-state index contributed by atoms with van der Waals surface area (Å²) in [6.45, 7) is 4.88. The highest BCUT2D eigenvalue weighted by atomic mass is 16.2. The number of likely N-dealkylation sites (tertiary alicyclic amines) is 1. The highest BCUT2D eigenvalue weighted by molar-refractivity contribution is 5.81. The molecule has 122 valence electrons. The molecule has 1 fully saturated rings. The summed E-state index contributed by atoms with van der Waals surface area (Å²) >= 11 is 0. The van der Waals surface area contributed by atoms with Gasteiger partial charge in [0, 0.05) is 12.6 Å².